The molecule has 4 nitrogen and oxygen atoms in total. The van der Waals surface area contributed by atoms with Gasteiger partial charge in [0.1, 0.15) is 0 Å². The van der Waals surface area contributed by atoms with Gasteiger partial charge in [0.2, 0.25) is 5.91 Å². The summed E-state index contributed by atoms with van der Waals surface area (Å²) in [6.45, 7) is 5.57. The Bertz CT molecular complexity index is 786. The van der Waals surface area contributed by atoms with Crippen LogP contribution in [0.15, 0.2) is 42.5 Å². The normalized spacial score (nSPS) is 13.8. The number of nitrogens with one attached hydrogen (secondary N) is 2. The number of nitrogens with zero attached hydrogens (tertiary/aromatic N) is 1. The first-order chi connectivity index (χ1) is 12.0. The first kappa shape index (κ1) is 17.4. The Hall–Kier alpha value is -2.40. The van der Waals surface area contributed by atoms with Crippen molar-refractivity contribution in [2.75, 3.05) is 16.8 Å². The number of carbonyl (C=O) groups excluding carboxylic acids is 1. The van der Waals surface area contributed by atoms with Gasteiger partial charge in [-0.15, -0.1) is 0 Å². The fraction of sp³-hybridized carbons (Fsp3) is 0.300. The lowest BCUT2D eigenvalue weighted by molar-refractivity contribution is -0.117. The minimum atomic E-state index is 0.195. The predicted molar refractivity (Wildman–Crippen MR) is 107 cm³/mol. The quantitative estimate of drug-likeness (QED) is 0.818. The lowest BCUT2D eigenvalue weighted by Crippen LogP contribution is -2.28. The van der Waals surface area contributed by atoms with Crippen LogP contribution in [-0.2, 0) is 11.3 Å². The molecular weight excluding hydrogens is 330 g/mol. The van der Waals surface area contributed by atoms with Crippen molar-refractivity contribution in [3.8, 4) is 0 Å². The summed E-state index contributed by atoms with van der Waals surface area (Å²) in [5, 5.41) is 7.00. The molecule has 1 saturated heterocycles. The minimum absolute atomic E-state index is 0.195. The number of benzene rings is 2. The number of hydrogen-bond acceptors (Lipinski definition) is 2. The van der Waals surface area contributed by atoms with Crippen molar-refractivity contribution in [1.82, 2.24) is 5.32 Å². The van der Waals surface area contributed by atoms with E-state index in [1.165, 1.54) is 11.1 Å². The zero-order valence-corrected chi connectivity index (χ0v) is 15.5. The van der Waals surface area contributed by atoms with E-state index in [0.717, 1.165) is 29.9 Å². The van der Waals surface area contributed by atoms with Gasteiger partial charge in [-0.2, -0.15) is 0 Å². The molecule has 1 fully saturated rings. The lowest BCUT2D eigenvalue weighted by Gasteiger charge is -2.20. The second-order valence-corrected chi connectivity index (χ2v) is 6.85. The van der Waals surface area contributed by atoms with Crippen LogP contribution in [0.1, 0.15) is 29.5 Å². The molecule has 130 valence electrons. The summed E-state index contributed by atoms with van der Waals surface area (Å²) in [7, 11) is 0. The summed E-state index contributed by atoms with van der Waals surface area (Å²) >= 11 is 5.39. The highest BCUT2D eigenvalue weighted by Gasteiger charge is 2.23. The van der Waals surface area contributed by atoms with E-state index in [2.05, 4.69) is 41.8 Å². The number of hydrogen-bond donors (Lipinski definition) is 2. The van der Waals surface area contributed by atoms with Gasteiger partial charge < -0.3 is 15.5 Å². The fourth-order valence-corrected chi connectivity index (χ4v) is 3.13. The number of carbonyl (C=O) groups is 1. The SMILES string of the molecule is Cc1ccc(CNC(=S)Nc2ccc(C)c(N3CCCC3=O)c2)cc1. The average molecular weight is 353 g/mol. The van der Waals surface area contributed by atoms with E-state index in [9.17, 15) is 4.79 Å². The molecule has 0 bridgehead atoms. The molecule has 1 aliphatic heterocycles. The van der Waals surface area contributed by atoms with Crippen LogP contribution in [-0.4, -0.2) is 17.6 Å². The van der Waals surface area contributed by atoms with E-state index in [1.807, 2.05) is 30.0 Å². The van der Waals surface area contributed by atoms with Crippen LogP contribution in [0.2, 0.25) is 0 Å². The molecule has 25 heavy (non-hydrogen) atoms. The molecule has 0 aromatic heterocycles. The zero-order valence-electron chi connectivity index (χ0n) is 14.6. The van der Waals surface area contributed by atoms with E-state index < -0.39 is 0 Å². The van der Waals surface area contributed by atoms with Gasteiger partial charge in [-0.3, -0.25) is 4.79 Å². The van der Waals surface area contributed by atoms with Gasteiger partial charge in [-0.05, 0) is 55.7 Å². The molecule has 0 radical (unpaired) electrons. The molecule has 0 unspecified atom stereocenters. The van der Waals surface area contributed by atoms with Crippen LogP contribution in [0.3, 0.4) is 0 Å². The van der Waals surface area contributed by atoms with Gasteiger partial charge in [-0.25, -0.2) is 0 Å². The highest BCUT2D eigenvalue weighted by Crippen LogP contribution is 2.28. The third-order valence-electron chi connectivity index (χ3n) is 4.40. The topological polar surface area (TPSA) is 44.4 Å². The van der Waals surface area contributed by atoms with E-state index in [4.69, 9.17) is 12.2 Å². The van der Waals surface area contributed by atoms with Crippen molar-refractivity contribution in [2.45, 2.75) is 33.2 Å². The second kappa shape index (κ2) is 7.66. The highest BCUT2D eigenvalue weighted by atomic mass is 32.1. The van der Waals surface area contributed by atoms with Crippen molar-refractivity contribution in [1.29, 1.82) is 0 Å². The average Bonchev–Trinajstić information content (AvgIpc) is 3.02. The maximum Gasteiger partial charge on any atom is 0.227 e. The Labute approximate surface area is 154 Å². The number of amides is 1. The summed E-state index contributed by atoms with van der Waals surface area (Å²) in [4.78, 5) is 13.9. The molecule has 5 heteroatoms. The maximum atomic E-state index is 12.0. The standard InChI is InChI=1S/C20H23N3OS/c1-14-5-8-16(9-6-14)13-21-20(25)22-17-10-7-15(2)18(12-17)23-11-3-4-19(23)24/h5-10,12H,3-4,11,13H2,1-2H3,(H2,21,22,25). The Balaban J connectivity index is 1.63. The van der Waals surface area contributed by atoms with Crippen LogP contribution in [0.4, 0.5) is 11.4 Å². The van der Waals surface area contributed by atoms with Crippen LogP contribution in [0.25, 0.3) is 0 Å². The summed E-state index contributed by atoms with van der Waals surface area (Å²) in [5.41, 5.74) is 5.38. The predicted octanol–water partition coefficient (Wildman–Crippen LogP) is 3.92. The van der Waals surface area contributed by atoms with Gasteiger partial charge in [0.05, 0.1) is 0 Å². The summed E-state index contributed by atoms with van der Waals surface area (Å²) < 4.78 is 0. The molecule has 0 saturated carbocycles. The molecule has 1 aliphatic rings. The Kier molecular flexibility index (Phi) is 5.34. The molecule has 3 rings (SSSR count). The lowest BCUT2D eigenvalue weighted by atomic mass is 10.1. The first-order valence-electron chi connectivity index (χ1n) is 8.54. The van der Waals surface area contributed by atoms with Gasteiger partial charge in [0.15, 0.2) is 5.11 Å². The Morgan fingerprint density at radius 1 is 1.16 bits per heavy atom. The smallest absolute Gasteiger partial charge is 0.227 e. The molecule has 2 N–H and O–H groups in total. The number of rotatable bonds is 4. The molecule has 1 amide bonds. The van der Waals surface area contributed by atoms with Crippen LogP contribution < -0.4 is 15.5 Å². The van der Waals surface area contributed by atoms with E-state index >= 15 is 0 Å². The monoisotopic (exact) mass is 353 g/mol. The van der Waals surface area contributed by atoms with E-state index in [0.29, 0.717) is 18.1 Å². The first-order valence-corrected chi connectivity index (χ1v) is 8.95. The van der Waals surface area contributed by atoms with Crippen molar-refractivity contribution in [3.05, 3.63) is 59.2 Å². The Morgan fingerprint density at radius 2 is 1.92 bits per heavy atom. The summed E-state index contributed by atoms with van der Waals surface area (Å²) in [6, 6.07) is 14.4. The molecule has 1 heterocycles. The van der Waals surface area contributed by atoms with Crippen LogP contribution >= 0.6 is 12.2 Å². The largest absolute Gasteiger partial charge is 0.358 e. The molecule has 0 atom stereocenters. The van der Waals surface area contributed by atoms with Gasteiger partial charge in [-0.1, -0.05) is 35.9 Å². The van der Waals surface area contributed by atoms with Gasteiger partial charge >= 0.3 is 0 Å². The third kappa shape index (κ3) is 4.37. The van der Waals surface area contributed by atoms with Gasteiger partial charge in [0.25, 0.3) is 0 Å². The summed E-state index contributed by atoms with van der Waals surface area (Å²) in [5.74, 6) is 0.195. The highest BCUT2D eigenvalue weighted by molar-refractivity contribution is 7.80. The molecular formula is C20H23N3OS. The minimum Gasteiger partial charge on any atom is -0.358 e. The molecule has 0 aliphatic carbocycles. The second-order valence-electron chi connectivity index (χ2n) is 6.44. The Morgan fingerprint density at radius 3 is 2.60 bits per heavy atom. The zero-order chi connectivity index (χ0) is 17.8. The van der Waals surface area contributed by atoms with E-state index in [-0.39, 0.29) is 5.91 Å². The summed E-state index contributed by atoms with van der Waals surface area (Å²) in [6.07, 6.45) is 1.56. The number of anilines is 2. The van der Waals surface area contributed by atoms with Crippen molar-refractivity contribution < 1.29 is 4.79 Å². The van der Waals surface area contributed by atoms with E-state index in [1.54, 1.807) is 0 Å². The molecule has 2 aromatic rings. The van der Waals surface area contributed by atoms with Crippen molar-refractivity contribution >= 4 is 34.6 Å². The fourth-order valence-electron chi connectivity index (χ4n) is 2.94. The number of aryl methyl sites for hydroxylation is 2. The van der Waals surface area contributed by atoms with Gasteiger partial charge in [0, 0.05) is 30.9 Å². The van der Waals surface area contributed by atoms with Crippen LogP contribution in [0.5, 0.6) is 0 Å². The maximum absolute atomic E-state index is 12.0. The molecule has 2 aromatic carbocycles. The third-order valence-corrected chi connectivity index (χ3v) is 4.65. The van der Waals surface area contributed by atoms with Crippen LogP contribution in [0, 0.1) is 13.8 Å². The number of thiocarbonyl (C=S) groups is 1. The van der Waals surface area contributed by atoms with Crippen molar-refractivity contribution in [2.24, 2.45) is 0 Å². The van der Waals surface area contributed by atoms with Crippen molar-refractivity contribution in [3.63, 3.8) is 0 Å². The molecule has 0 spiro atoms.